The van der Waals surface area contributed by atoms with E-state index >= 15 is 0 Å². The Balaban J connectivity index is 3.14. The first-order valence-electron chi connectivity index (χ1n) is 3.78. The lowest BCUT2D eigenvalue weighted by atomic mass is 10.3. The van der Waals surface area contributed by atoms with Crippen LogP contribution in [0.4, 0.5) is 18.9 Å². The Morgan fingerprint density at radius 2 is 2.07 bits per heavy atom. The highest BCUT2D eigenvalue weighted by atomic mass is 19.4. The topological polar surface area (TPSA) is 34.2 Å². The van der Waals surface area contributed by atoms with Crippen molar-refractivity contribution < 1.29 is 17.9 Å². The fraction of sp³-hybridized carbons (Fsp3) is 0.375. The number of anilines is 1. The van der Waals surface area contributed by atoms with E-state index in [9.17, 15) is 13.2 Å². The van der Waals surface area contributed by atoms with E-state index in [1.54, 1.807) is 0 Å². The van der Waals surface area contributed by atoms with E-state index in [-0.39, 0.29) is 11.4 Å². The van der Waals surface area contributed by atoms with Crippen LogP contribution < -0.4 is 10.1 Å². The fourth-order valence-corrected chi connectivity index (χ4v) is 0.956. The van der Waals surface area contributed by atoms with Gasteiger partial charge in [0.05, 0.1) is 19.0 Å². The molecule has 0 saturated carbocycles. The number of nitrogens with one attached hydrogen (secondary N) is 1. The maximum absolute atomic E-state index is 12.2. The predicted octanol–water partition coefficient (Wildman–Crippen LogP) is 2.15. The number of pyridine rings is 1. The van der Waals surface area contributed by atoms with Crippen molar-refractivity contribution in [3.05, 3.63) is 18.0 Å². The van der Waals surface area contributed by atoms with Gasteiger partial charge in [0.2, 0.25) is 0 Å². The van der Waals surface area contributed by atoms with Crippen LogP contribution in [0.15, 0.2) is 12.3 Å². The Bertz CT molecular complexity index is 325. The van der Waals surface area contributed by atoms with E-state index in [1.165, 1.54) is 14.2 Å². The molecule has 0 spiro atoms. The van der Waals surface area contributed by atoms with Crippen molar-refractivity contribution in [2.45, 2.75) is 6.18 Å². The molecule has 78 valence electrons. The monoisotopic (exact) mass is 206 g/mol. The Hall–Kier alpha value is -1.46. The Morgan fingerprint density at radius 1 is 1.43 bits per heavy atom. The SMILES string of the molecule is CNc1cc(C(F)(F)F)ncc1OC. The van der Waals surface area contributed by atoms with Gasteiger partial charge in [-0.1, -0.05) is 0 Å². The number of hydrogen-bond donors (Lipinski definition) is 1. The van der Waals surface area contributed by atoms with Crippen molar-refractivity contribution in [1.29, 1.82) is 0 Å². The van der Waals surface area contributed by atoms with E-state index in [0.717, 1.165) is 12.3 Å². The third-order valence-corrected chi connectivity index (χ3v) is 1.65. The Labute approximate surface area is 78.9 Å². The van der Waals surface area contributed by atoms with Gasteiger partial charge in [-0.05, 0) is 6.07 Å². The number of halogens is 3. The summed E-state index contributed by atoms with van der Waals surface area (Å²) in [7, 11) is 2.88. The fourth-order valence-electron chi connectivity index (χ4n) is 0.956. The lowest BCUT2D eigenvalue weighted by Gasteiger charge is -2.10. The van der Waals surface area contributed by atoms with Gasteiger partial charge >= 0.3 is 6.18 Å². The van der Waals surface area contributed by atoms with Crippen molar-refractivity contribution in [3.63, 3.8) is 0 Å². The number of nitrogens with zero attached hydrogens (tertiary/aromatic N) is 1. The van der Waals surface area contributed by atoms with Crippen LogP contribution in [0.2, 0.25) is 0 Å². The highest BCUT2D eigenvalue weighted by Crippen LogP contribution is 2.32. The molecule has 0 fully saturated rings. The first-order valence-corrected chi connectivity index (χ1v) is 3.78. The summed E-state index contributed by atoms with van der Waals surface area (Å²) in [5.74, 6) is 0.278. The second-order valence-corrected chi connectivity index (χ2v) is 2.52. The molecule has 0 aliphatic heterocycles. The Kier molecular flexibility index (Phi) is 2.83. The van der Waals surface area contributed by atoms with Crippen molar-refractivity contribution in [2.24, 2.45) is 0 Å². The van der Waals surface area contributed by atoms with Crippen LogP contribution in [0.25, 0.3) is 0 Å². The smallest absolute Gasteiger partial charge is 0.433 e. The standard InChI is InChI=1S/C8H9F3N2O/c1-12-5-3-7(8(9,10)11)13-4-6(5)14-2/h3-4H,1-2H3,(H,12,13). The van der Waals surface area contributed by atoms with Gasteiger partial charge in [-0.15, -0.1) is 0 Å². The molecule has 1 N–H and O–H groups in total. The number of alkyl halides is 3. The van der Waals surface area contributed by atoms with Crippen molar-refractivity contribution in [3.8, 4) is 5.75 Å². The van der Waals surface area contributed by atoms with Crippen LogP contribution >= 0.6 is 0 Å². The van der Waals surface area contributed by atoms with Gasteiger partial charge in [0, 0.05) is 7.05 Å². The van der Waals surface area contributed by atoms with Gasteiger partial charge in [0.25, 0.3) is 0 Å². The molecule has 0 radical (unpaired) electrons. The maximum Gasteiger partial charge on any atom is 0.433 e. The molecule has 1 rings (SSSR count). The Morgan fingerprint density at radius 3 is 2.50 bits per heavy atom. The van der Waals surface area contributed by atoms with Crippen LogP contribution in [0, 0.1) is 0 Å². The molecule has 0 unspecified atom stereocenters. The second-order valence-electron chi connectivity index (χ2n) is 2.52. The molecule has 1 heterocycles. The summed E-state index contributed by atoms with van der Waals surface area (Å²) in [4.78, 5) is 3.24. The van der Waals surface area contributed by atoms with Crippen LogP contribution in [-0.2, 0) is 6.18 Å². The zero-order valence-corrected chi connectivity index (χ0v) is 7.64. The lowest BCUT2D eigenvalue weighted by molar-refractivity contribution is -0.141. The predicted molar refractivity (Wildman–Crippen MR) is 45.3 cm³/mol. The number of aromatic nitrogens is 1. The first-order chi connectivity index (χ1) is 6.49. The molecule has 3 nitrogen and oxygen atoms in total. The molecule has 0 aliphatic carbocycles. The van der Waals surface area contributed by atoms with E-state index in [4.69, 9.17) is 4.74 Å². The summed E-state index contributed by atoms with van der Waals surface area (Å²) in [6.45, 7) is 0. The molecule has 14 heavy (non-hydrogen) atoms. The average molecular weight is 206 g/mol. The minimum Gasteiger partial charge on any atom is -0.493 e. The molecular weight excluding hydrogens is 197 g/mol. The molecule has 0 atom stereocenters. The van der Waals surface area contributed by atoms with Gasteiger partial charge in [-0.3, -0.25) is 0 Å². The van der Waals surface area contributed by atoms with E-state index < -0.39 is 11.9 Å². The van der Waals surface area contributed by atoms with Gasteiger partial charge in [0.1, 0.15) is 5.69 Å². The lowest BCUT2D eigenvalue weighted by Crippen LogP contribution is -2.09. The zero-order valence-electron chi connectivity index (χ0n) is 7.64. The summed E-state index contributed by atoms with van der Waals surface area (Å²) in [6.07, 6.45) is -3.40. The van der Waals surface area contributed by atoms with E-state index in [2.05, 4.69) is 10.3 Å². The third kappa shape index (κ3) is 2.07. The van der Waals surface area contributed by atoms with Crippen LogP contribution in [0.3, 0.4) is 0 Å². The van der Waals surface area contributed by atoms with Gasteiger partial charge < -0.3 is 10.1 Å². The third-order valence-electron chi connectivity index (χ3n) is 1.65. The van der Waals surface area contributed by atoms with E-state index in [1.807, 2.05) is 0 Å². The normalized spacial score (nSPS) is 11.2. The minimum absolute atomic E-state index is 0.259. The van der Waals surface area contributed by atoms with Gasteiger partial charge in [0.15, 0.2) is 5.75 Å². The molecule has 6 heteroatoms. The summed E-state index contributed by atoms with van der Waals surface area (Å²) in [6, 6.07) is 0.902. The van der Waals surface area contributed by atoms with Crippen LogP contribution in [0.1, 0.15) is 5.69 Å². The van der Waals surface area contributed by atoms with Crippen molar-refractivity contribution in [1.82, 2.24) is 4.98 Å². The molecule has 0 aliphatic rings. The molecule has 0 aromatic carbocycles. The molecule has 1 aromatic rings. The second kappa shape index (κ2) is 3.73. The molecule has 0 amide bonds. The quantitative estimate of drug-likeness (QED) is 0.805. The van der Waals surface area contributed by atoms with Gasteiger partial charge in [-0.25, -0.2) is 4.98 Å². The molecule has 1 aromatic heterocycles. The maximum atomic E-state index is 12.2. The molecule has 0 bridgehead atoms. The number of rotatable bonds is 2. The zero-order chi connectivity index (χ0) is 10.8. The number of ether oxygens (including phenoxy) is 1. The number of methoxy groups -OCH3 is 1. The average Bonchev–Trinajstić information content (AvgIpc) is 2.15. The highest BCUT2D eigenvalue weighted by Gasteiger charge is 2.33. The summed E-state index contributed by atoms with van der Waals surface area (Å²) >= 11 is 0. The molecule has 0 saturated heterocycles. The highest BCUT2D eigenvalue weighted by molar-refractivity contribution is 5.55. The number of hydrogen-bond acceptors (Lipinski definition) is 3. The van der Waals surface area contributed by atoms with Crippen molar-refractivity contribution >= 4 is 5.69 Å². The van der Waals surface area contributed by atoms with Crippen LogP contribution in [-0.4, -0.2) is 19.1 Å². The molecular formula is C8H9F3N2O. The largest absolute Gasteiger partial charge is 0.493 e. The first kappa shape index (κ1) is 10.6. The van der Waals surface area contributed by atoms with Crippen LogP contribution in [0.5, 0.6) is 5.75 Å². The minimum atomic E-state index is -4.43. The van der Waals surface area contributed by atoms with Gasteiger partial charge in [-0.2, -0.15) is 13.2 Å². The summed E-state index contributed by atoms with van der Waals surface area (Å²) in [5.41, 5.74) is -0.683. The van der Waals surface area contributed by atoms with Crippen molar-refractivity contribution in [2.75, 3.05) is 19.5 Å². The summed E-state index contributed by atoms with van der Waals surface area (Å²) < 4.78 is 41.4. The summed E-state index contributed by atoms with van der Waals surface area (Å²) in [5, 5.41) is 2.59. The van der Waals surface area contributed by atoms with E-state index in [0.29, 0.717) is 0 Å².